The van der Waals surface area contributed by atoms with E-state index in [9.17, 15) is 4.39 Å². The SMILES string of the molecule is Nc1ccc(F)cc1NCc1cc[nH]c1. The van der Waals surface area contributed by atoms with Crippen LogP contribution in [0.4, 0.5) is 15.8 Å². The monoisotopic (exact) mass is 205 g/mol. The third kappa shape index (κ3) is 2.28. The predicted molar refractivity (Wildman–Crippen MR) is 58.9 cm³/mol. The summed E-state index contributed by atoms with van der Waals surface area (Å²) >= 11 is 0. The van der Waals surface area contributed by atoms with Crippen LogP contribution in [0, 0.1) is 5.82 Å². The fourth-order valence-corrected chi connectivity index (χ4v) is 1.35. The summed E-state index contributed by atoms with van der Waals surface area (Å²) in [5.74, 6) is -0.291. The van der Waals surface area contributed by atoms with Gasteiger partial charge in [-0.3, -0.25) is 0 Å². The van der Waals surface area contributed by atoms with Crippen LogP contribution in [0.2, 0.25) is 0 Å². The van der Waals surface area contributed by atoms with Crippen molar-refractivity contribution < 1.29 is 4.39 Å². The molecule has 4 N–H and O–H groups in total. The van der Waals surface area contributed by atoms with E-state index in [1.165, 1.54) is 12.1 Å². The molecule has 0 unspecified atom stereocenters. The van der Waals surface area contributed by atoms with Crippen molar-refractivity contribution in [2.45, 2.75) is 6.54 Å². The first-order valence-electron chi connectivity index (χ1n) is 4.66. The lowest BCUT2D eigenvalue weighted by atomic mass is 10.2. The minimum absolute atomic E-state index is 0.291. The molecule has 0 saturated heterocycles. The lowest BCUT2D eigenvalue weighted by molar-refractivity contribution is 0.628. The number of rotatable bonds is 3. The summed E-state index contributed by atoms with van der Waals surface area (Å²) < 4.78 is 12.9. The molecule has 15 heavy (non-hydrogen) atoms. The van der Waals surface area contributed by atoms with Gasteiger partial charge in [0.05, 0.1) is 11.4 Å². The smallest absolute Gasteiger partial charge is 0.125 e. The van der Waals surface area contributed by atoms with Crippen LogP contribution >= 0.6 is 0 Å². The second kappa shape index (κ2) is 4.04. The average Bonchev–Trinajstić information content (AvgIpc) is 2.72. The highest BCUT2D eigenvalue weighted by Gasteiger charge is 2.00. The minimum atomic E-state index is -0.291. The van der Waals surface area contributed by atoms with Crippen molar-refractivity contribution in [3.05, 3.63) is 48.0 Å². The van der Waals surface area contributed by atoms with E-state index in [1.54, 1.807) is 6.07 Å². The van der Waals surface area contributed by atoms with Crippen LogP contribution in [-0.4, -0.2) is 4.98 Å². The van der Waals surface area contributed by atoms with E-state index < -0.39 is 0 Å². The number of anilines is 2. The molecule has 0 radical (unpaired) electrons. The van der Waals surface area contributed by atoms with Gasteiger partial charge in [-0.1, -0.05) is 0 Å². The Morgan fingerprint density at radius 2 is 2.20 bits per heavy atom. The van der Waals surface area contributed by atoms with Crippen LogP contribution in [0.25, 0.3) is 0 Å². The number of halogens is 1. The molecule has 1 heterocycles. The van der Waals surface area contributed by atoms with Gasteiger partial charge >= 0.3 is 0 Å². The van der Waals surface area contributed by atoms with Crippen LogP contribution in [0.15, 0.2) is 36.7 Å². The van der Waals surface area contributed by atoms with Gasteiger partial charge < -0.3 is 16.0 Å². The molecule has 0 amide bonds. The summed E-state index contributed by atoms with van der Waals surface area (Å²) in [7, 11) is 0. The van der Waals surface area contributed by atoms with Crippen LogP contribution in [0.3, 0.4) is 0 Å². The van der Waals surface area contributed by atoms with E-state index in [0.29, 0.717) is 17.9 Å². The number of benzene rings is 1. The second-order valence-electron chi connectivity index (χ2n) is 3.30. The summed E-state index contributed by atoms with van der Waals surface area (Å²) in [5.41, 5.74) is 7.96. The lowest BCUT2D eigenvalue weighted by Crippen LogP contribution is -2.02. The first-order valence-corrected chi connectivity index (χ1v) is 4.66. The third-order valence-electron chi connectivity index (χ3n) is 2.16. The molecule has 3 nitrogen and oxygen atoms in total. The molecule has 0 aliphatic carbocycles. The van der Waals surface area contributed by atoms with Gasteiger partial charge in [0.25, 0.3) is 0 Å². The molecule has 1 aromatic carbocycles. The summed E-state index contributed by atoms with van der Waals surface area (Å²) in [6.45, 7) is 0.622. The molecule has 2 rings (SSSR count). The van der Waals surface area contributed by atoms with Gasteiger partial charge in [0, 0.05) is 18.9 Å². The van der Waals surface area contributed by atoms with Crippen LogP contribution < -0.4 is 11.1 Å². The van der Waals surface area contributed by atoms with Gasteiger partial charge in [-0.25, -0.2) is 4.39 Å². The second-order valence-corrected chi connectivity index (χ2v) is 3.30. The zero-order valence-corrected chi connectivity index (χ0v) is 8.13. The lowest BCUT2D eigenvalue weighted by Gasteiger charge is -2.08. The zero-order valence-electron chi connectivity index (χ0n) is 8.13. The maximum absolute atomic E-state index is 12.9. The van der Waals surface area contributed by atoms with Gasteiger partial charge in [0.2, 0.25) is 0 Å². The topological polar surface area (TPSA) is 53.8 Å². The fraction of sp³-hybridized carbons (Fsp3) is 0.0909. The highest BCUT2D eigenvalue weighted by atomic mass is 19.1. The number of hydrogen-bond donors (Lipinski definition) is 3. The van der Waals surface area contributed by atoms with E-state index >= 15 is 0 Å². The summed E-state index contributed by atoms with van der Waals surface area (Å²) in [4.78, 5) is 2.95. The molecule has 2 aromatic rings. The van der Waals surface area contributed by atoms with E-state index in [2.05, 4.69) is 10.3 Å². The number of nitrogens with two attached hydrogens (primary N) is 1. The van der Waals surface area contributed by atoms with Gasteiger partial charge in [0.1, 0.15) is 5.82 Å². The van der Waals surface area contributed by atoms with Gasteiger partial charge in [-0.05, 0) is 29.8 Å². The Morgan fingerprint density at radius 1 is 1.33 bits per heavy atom. The highest BCUT2D eigenvalue weighted by molar-refractivity contribution is 5.65. The molecule has 0 atom stereocenters. The number of nitrogens with one attached hydrogen (secondary N) is 2. The van der Waals surface area contributed by atoms with E-state index in [0.717, 1.165) is 5.56 Å². The normalized spacial score (nSPS) is 10.2. The number of aromatic nitrogens is 1. The molecule has 0 aliphatic rings. The number of H-pyrrole nitrogens is 1. The van der Waals surface area contributed by atoms with Gasteiger partial charge in [0.15, 0.2) is 0 Å². The van der Waals surface area contributed by atoms with E-state index in [-0.39, 0.29) is 5.82 Å². The molecule has 0 fully saturated rings. The summed E-state index contributed by atoms with van der Waals surface area (Å²) in [6, 6.07) is 6.23. The molecule has 78 valence electrons. The van der Waals surface area contributed by atoms with Crippen molar-refractivity contribution in [2.24, 2.45) is 0 Å². The standard InChI is InChI=1S/C11H12FN3/c12-9-1-2-10(13)11(5-9)15-7-8-3-4-14-6-8/h1-6,14-15H,7,13H2. The fourth-order valence-electron chi connectivity index (χ4n) is 1.35. The Hall–Kier alpha value is -1.97. The number of aromatic amines is 1. The third-order valence-corrected chi connectivity index (χ3v) is 2.16. The summed E-state index contributed by atoms with van der Waals surface area (Å²) in [5, 5.41) is 3.07. The van der Waals surface area contributed by atoms with E-state index in [4.69, 9.17) is 5.73 Å². The highest BCUT2D eigenvalue weighted by Crippen LogP contribution is 2.19. The Balaban J connectivity index is 2.07. The Bertz CT molecular complexity index is 437. The predicted octanol–water partition coefficient (Wildman–Crippen LogP) is 2.35. The van der Waals surface area contributed by atoms with Crippen LogP contribution in [0.5, 0.6) is 0 Å². The van der Waals surface area contributed by atoms with Gasteiger partial charge in [-0.15, -0.1) is 0 Å². The van der Waals surface area contributed by atoms with Crippen molar-refractivity contribution in [2.75, 3.05) is 11.1 Å². The molecular formula is C11H12FN3. The number of hydrogen-bond acceptors (Lipinski definition) is 2. The van der Waals surface area contributed by atoms with Crippen molar-refractivity contribution in [3.63, 3.8) is 0 Å². The Morgan fingerprint density at radius 3 is 2.93 bits per heavy atom. The minimum Gasteiger partial charge on any atom is -0.397 e. The molecule has 4 heteroatoms. The number of nitrogen functional groups attached to an aromatic ring is 1. The molecule has 0 aliphatic heterocycles. The van der Waals surface area contributed by atoms with Gasteiger partial charge in [-0.2, -0.15) is 0 Å². The largest absolute Gasteiger partial charge is 0.397 e. The molecule has 0 saturated carbocycles. The molecule has 1 aromatic heterocycles. The first kappa shape index (κ1) is 9.58. The maximum Gasteiger partial charge on any atom is 0.125 e. The molecule has 0 spiro atoms. The van der Waals surface area contributed by atoms with Crippen LogP contribution in [-0.2, 0) is 6.54 Å². The average molecular weight is 205 g/mol. The van der Waals surface area contributed by atoms with Crippen molar-refractivity contribution >= 4 is 11.4 Å². The Kier molecular flexibility index (Phi) is 2.58. The van der Waals surface area contributed by atoms with Crippen molar-refractivity contribution in [1.82, 2.24) is 4.98 Å². The molecule has 0 bridgehead atoms. The molecular weight excluding hydrogens is 193 g/mol. The van der Waals surface area contributed by atoms with Crippen molar-refractivity contribution in [3.8, 4) is 0 Å². The van der Waals surface area contributed by atoms with Crippen LogP contribution in [0.1, 0.15) is 5.56 Å². The zero-order chi connectivity index (χ0) is 10.7. The quantitative estimate of drug-likeness (QED) is 0.674. The first-order chi connectivity index (χ1) is 7.25. The Labute approximate surface area is 87.1 Å². The summed E-state index contributed by atoms with van der Waals surface area (Å²) in [6.07, 6.45) is 3.72. The van der Waals surface area contributed by atoms with E-state index in [1.807, 2.05) is 18.5 Å². The van der Waals surface area contributed by atoms with Crippen molar-refractivity contribution in [1.29, 1.82) is 0 Å². The maximum atomic E-state index is 12.9.